The van der Waals surface area contributed by atoms with Crippen LogP contribution in [0.2, 0.25) is 0 Å². The molecule has 1 rings (SSSR count). The molecule has 70 valence electrons. The lowest BCUT2D eigenvalue weighted by molar-refractivity contribution is -0.148. The SMILES string of the molecule is COCC1(C)C(=O)OCC1(C)N. The van der Waals surface area contributed by atoms with Crippen molar-refractivity contribution in [2.75, 3.05) is 20.3 Å². The number of nitrogens with two attached hydrogens (primary N) is 1. The standard InChI is InChI=1S/C8H15NO3/c1-7(4-11-3)6(10)12-5-8(7,2)9/h4-5,9H2,1-3H3. The summed E-state index contributed by atoms with van der Waals surface area (Å²) in [6, 6.07) is 0. The van der Waals surface area contributed by atoms with Gasteiger partial charge in [0.1, 0.15) is 12.0 Å². The first-order valence-electron chi connectivity index (χ1n) is 3.89. The number of esters is 1. The monoisotopic (exact) mass is 173 g/mol. The zero-order valence-electron chi connectivity index (χ0n) is 7.72. The molecule has 0 aromatic heterocycles. The Morgan fingerprint density at radius 2 is 2.25 bits per heavy atom. The third-order valence-corrected chi connectivity index (χ3v) is 2.65. The van der Waals surface area contributed by atoms with E-state index in [1.54, 1.807) is 21.0 Å². The van der Waals surface area contributed by atoms with Gasteiger partial charge in [-0.3, -0.25) is 4.79 Å². The van der Waals surface area contributed by atoms with Gasteiger partial charge in [-0.05, 0) is 13.8 Å². The molecule has 2 unspecified atom stereocenters. The first kappa shape index (κ1) is 9.48. The topological polar surface area (TPSA) is 61.5 Å². The van der Waals surface area contributed by atoms with Gasteiger partial charge in [0.15, 0.2) is 0 Å². The minimum Gasteiger partial charge on any atom is -0.463 e. The van der Waals surface area contributed by atoms with Gasteiger partial charge in [-0.2, -0.15) is 0 Å². The molecule has 0 aromatic carbocycles. The number of ether oxygens (including phenoxy) is 2. The van der Waals surface area contributed by atoms with E-state index in [2.05, 4.69) is 0 Å². The smallest absolute Gasteiger partial charge is 0.316 e. The molecule has 0 spiro atoms. The Kier molecular flexibility index (Phi) is 2.14. The minimum absolute atomic E-state index is 0.269. The van der Waals surface area contributed by atoms with E-state index in [0.29, 0.717) is 6.61 Å². The average Bonchev–Trinajstić information content (AvgIpc) is 2.16. The van der Waals surface area contributed by atoms with Gasteiger partial charge in [-0.15, -0.1) is 0 Å². The Morgan fingerprint density at radius 1 is 1.67 bits per heavy atom. The maximum absolute atomic E-state index is 11.3. The summed E-state index contributed by atoms with van der Waals surface area (Å²) in [5.41, 5.74) is 4.58. The largest absolute Gasteiger partial charge is 0.463 e. The predicted octanol–water partition coefficient (Wildman–Crippen LogP) is -0.0867. The molecule has 0 aromatic rings. The lowest BCUT2D eigenvalue weighted by Gasteiger charge is -2.31. The van der Waals surface area contributed by atoms with Crippen LogP contribution in [-0.4, -0.2) is 31.8 Å². The number of methoxy groups -OCH3 is 1. The molecule has 2 atom stereocenters. The second-order valence-electron chi connectivity index (χ2n) is 3.76. The number of rotatable bonds is 2. The summed E-state index contributed by atoms with van der Waals surface area (Å²) in [5, 5.41) is 0. The minimum atomic E-state index is -0.707. The molecule has 0 radical (unpaired) electrons. The van der Waals surface area contributed by atoms with Crippen molar-refractivity contribution in [1.29, 1.82) is 0 Å². The summed E-state index contributed by atoms with van der Waals surface area (Å²) in [6.07, 6.45) is 0. The summed E-state index contributed by atoms with van der Waals surface area (Å²) in [6.45, 7) is 4.15. The van der Waals surface area contributed by atoms with Gasteiger partial charge < -0.3 is 15.2 Å². The van der Waals surface area contributed by atoms with Crippen LogP contribution in [-0.2, 0) is 14.3 Å². The van der Waals surface area contributed by atoms with Crippen molar-refractivity contribution in [3.63, 3.8) is 0 Å². The second kappa shape index (κ2) is 2.71. The molecule has 1 saturated heterocycles. The van der Waals surface area contributed by atoms with Crippen LogP contribution in [0.25, 0.3) is 0 Å². The molecule has 1 aliphatic heterocycles. The van der Waals surface area contributed by atoms with Crippen molar-refractivity contribution >= 4 is 5.97 Å². The van der Waals surface area contributed by atoms with Crippen LogP contribution in [0.1, 0.15) is 13.8 Å². The summed E-state index contributed by atoms with van der Waals surface area (Å²) in [5.74, 6) is -0.269. The Labute approximate surface area is 72.0 Å². The first-order valence-corrected chi connectivity index (χ1v) is 3.89. The molecule has 4 heteroatoms. The molecule has 0 saturated carbocycles. The van der Waals surface area contributed by atoms with Crippen molar-refractivity contribution in [1.82, 2.24) is 0 Å². The van der Waals surface area contributed by atoms with Gasteiger partial charge in [0.25, 0.3) is 0 Å². The highest BCUT2D eigenvalue weighted by atomic mass is 16.5. The van der Waals surface area contributed by atoms with Crippen molar-refractivity contribution in [2.45, 2.75) is 19.4 Å². The Morgan fingerprint density at radius 3 is 2.58 bits per heavy atom. The molecule has 1 fully saturated rings. The fourth-order valence-corrected chi connectivity index (χ4v) is 1.28. The van der Waals surface area contributed by atoms with Crippen LogP contribution >= 0.6 is 0 Å². The molecular formula is C8H15NO3. The molecule has 12 heavy (non-hydrogen) atoms. The summed E-state index contributed by atoms with van der Waals surface area (Å²) in [4.78, 5) is 11.3. The van der Waals surface area contributed by atoms with E-state index < -0.39 is 11.0 Å². The molecule has 0 bridgehead atoms. The fraction of sp³-hybridized carbons (Fsp3) is 0.875. The quantitative estimate of drug-likeness (QED) is 0.593. The van der Waals surface area contributed by atoms with Crippen LogP contribution in [0.4, 0.5) is 0 Å². The van der Waals surface area contributed by atoms with E-state index in [1.165, 1.54) is 0 Å². The van der Waals surface area contributed by atoms with Gasteiger partial charge in [0, 0.05) is 7.11 Å². The number of hydrogen-bond donors (Lipinski definition) is 1. The van der Waals surface area contributed by atoms with E-state index in [1.807, 2.05) is 0 Å². The van der Waals surface area contributed by atoms with Gasteiger partial charge in [-0.1, -0.05) is 0 Å². The Hall–Kier alpha value is -0.610. The zero-order valence-corrected chi connectivity index (χ0v) is 7.72. The van der Waals surface area contributed by atoms with E-state index in [4.69, 9.17) is 15.2 Å². The van der Waals surface area contributed by atoms with Crippen molar-refractivity contribution in [3.05, 3.63) is 0 Å². The van der Waals surface area contributed by atoms with Gasteiger partial charge in [-0.25, -0.2) is 0 Å². The van der Waals surface area contributed by atoms with Crippen molar-refractivity contribution in [3.8, 4) is 0 Å². The normalized spacial score (nSPS) is 41.5. The number of carbonyl (C=O) groups excluding carboxylic acids is 1. The number of carbonyl (C=O) groups is 1. The summed E-state index contributed by atoms with van der Waals surface area (Å²) >= 11 is 0. The van der Waals surface area contributed by atoms with Crippen LogP contribution in [0.3, 0.4) is 0 Å². The van der Waals surface area contributed by atoms with Crippen molar-refractivity contribution < 1.29 is 14.3 Å². The third-order valence-electron chi connectivity index (χ3n) is 2.65. The van der Waals surface area contributed by atoms with E-state index in [9.17, 15) is 4.79 Å². The van der Waals surface area contributed by atoms with E-state index in [-0.39, 0.29) is 12.6 Å². The predicted molar refractivity (Wildman–Crippen MR) is 43.5 cm³/mol. The molecular weight excluding hydrogens is 158 g/mol. The Bertz CT molecular complexity index is 202. The van der Waals surface area contributed by atoms with E-state index in [0.717, 1.165) is 0 Å². The third kappa shape index (κ3) is 1.11. The van der Waals surface area contributed by atoms with Crippen molar-refractivity contribution in [2.24, 2.45) is 11.1 Å². The van der Waals surface area contributed by atoms with Crippen LogP contribution in [0.5, 0.6) is 0 Å². The van der Waals surface area contributed by atoms with Gasteiger partial charge in [0.2, 0.25) is 0 Å². The maximum Gasteiger partial charge on any atom is 0.316 e. The van der Waals surface area contributed by atoms with Crippen LogP contribution in [0.15, 0.2) is 0 Å². The van der Waals surface area contributed by atoms with E-state index >= 15 is 0 Å². The highest BCUT2D eigenvalue weighted by molar-refractivity contribution is 5.80. The zero-order chi connectivity index (χ0) is 9.41. The molecule has 4 nitrogen and oxygen atoms in total. The molecule has 2 N–H and O–H groups in total. The van der Waals surface area contributed by atoms with Crippen LogP contribution < -0.4 is 5.73 Å². The second-order valence-corrected chi connectivity index (χ2v) is 3.76. The Balaban J connectivity index is 2.89. The molecule has 0 amide bonds. The lowest BCUT2D eigenvalue weighted by Crippen LogP contribution is -2.54. The molecule has 1 aliphatic rings. The summed E-state index contributed by atoms with van der Waals surface area (Å²) in [7, 11) is 1.55. The summed E-state index contributed by atoms with van der Waals surface area (Å²) < 4.78 is 9.85. The average molecular weight is 173 g/mol. The molecule has 1 heterocycles. The molecule has 0 aliphatic carbocycles. The highest BCUT2D eigenvalue weighted by Crippen LogP contribution is 2.36. The van der Waals surface area contributed by atoms with Gasteiger partial charge >= 0.3 is 5.97 Å². The number of cyclic esters (lactones) is 1. The van der Waals surface area contributed by atoms with Crippen LogP contribution in [0, 0.1) is 5.41 Å². The number of hydrogen-bond acceptors (Lipinski definition) is 4. The fourth-order valence-electron chi connectivity index (χ4n) is 1.28. The first-order chi connectivity index (χ1) is 5.44. The lowest BCUT2D eigenvalue weighted by atomic mass is 9.75. The van der Waals surface area contributed by atoms with Gasteiger partial charge in [0.05, 0.1) is 12.1 Å². The highest BCUT2D eigenvalue weighted by Gasteiger charge is 2.55. The maximum atomic E-state index is 11.3.